The first-order valence-corrected chi connectivity index (χ1v) is 39.6. The predicted molar refractivity (Wildman–Crippen MR) is 452 cm³/mol. The molecule has 3 saturated heterocycles. The molecule has 12 heterocycles. The van der Waals surface area contributed by atoms with Crippen LogP contribution in [0.2, 0.25) is 10.0 Å². The van der Waals surface area contributed by atoms with Crippen LogP contribution in [-0.4, -0.2) is 181 Å². The summed E-state index contributed by atoms with van der Waals surface area (Å²) in [5.74, 6) is 3.92. The Morgan fingerprint density at radius 1 is 0.526 bits per heavy atom. The normalized spacial score (nSPS) is 18.9. The summed E-state index contributed by atoms with van der Waals surface area (Å²) in [7, 11) is 1.82. The highest BCUT2D eigenvalue weighted by molar-refractivity contribution is 7.13. The van der Waals surface area contributed by atoms with Crippen molar-refractivity contribution < 1.29 is 23.2 Å². The van der Waals surface area contributed by atoms with Crippen LogP contribution in [0.4, 0.5) is 31.9 Å². The van der Waals surface area contributed by atoms with E-state index < -0.39 is 11.5 Å². The first kappa shape index (κ1) is 82.2. The summed E-state index contributed by atoms with van der Waals surface area (Å²) in [5.41, 5.74) is 11.9. The molecule has 0 bridgehead atoms. The van der Waals surface area contributed by atoms with Crippen LogP contribution >= 0.6 is 34.5 Å². The van der Waals surface area contributed by atoms with Crippen LogP contribution in [0, 0.1) is 46.3 Å². The standard InChI is InChI=1S/C33H38FN7O.C29H32ClN7O2S.C24H25ClFN5O/c1-10-28(42)39-16-21(6)40(17-20(39)5)32-26-15-19(4)30(25-13-11-12-14-27(25)34)38-33(26)41(24(9)37-32)31-22(7)35-23(8)36-29(31)18(2)3;1-8-22(38)35-12-18(6)36(13-17(35)5)27-20-11-21(30)24(26-19(7)32-14-40-26)33-28(20)37(29(39)34-27)25-16(4)9-10-31-23(25)15(2)3;1-6-21(32)30-12-15(3)31(13-14(30)2)24-18-11-19(25)22(17-9-7-8-10-20(17)26)28-23(18)29(5)16(4)27-24/h10-15,18,20-21H,1,9,16-17H2,2-8H3;8-11,14-15,17-18H,1,12-13H2,2-7H3;6-11,14-15H,1,4,12-13H2,2-3,5H3. The predicted octanol–water partition coefficient (Wildman–Crippen LogP) is 15.8. The van der Waals surface area contributed by atoms with E-state index in [2.05, 4.69) is 88.3 Å². The van der Waals surface area contributed by atoms with Gasteiger partial charge in [0, 0.05) is 99.9 Å². The summed E-state index contributed by atoms with van der Waals surface area (Å²) < 4.78 is 31.1. The summed E-state index contributed by atoms with van der Waals surface area (Å²) >= 11 is 14.9. The summed E-state index contributed by atoms with van der Waals surface area (Å²) in [6.45, 7) is 52.6. The number of nitrogens with zero attached hydrogens (tertiary/aromatic N) is 19. The number of piperazine rings is 3. The van der Waals surface area contributed by atoms with Crippen molar-refractivity contribution >= 4 is 98.1 Å². The van der Waals surface area contributed by atoms with Crippen LogP contribution in [0.25, 0.3) is 49.8 Å². The van der Waals surface area contributed by atoms with E-state index in [1.807, 2.05) is 129 Å². The average Bonchev–Trinajstić information content (AvgIpc) is 1.42. The number of rotatable bonds is 11. The third-order valence-electron chi connectivity index (χ3n) is 21.3. The lowest BCUT2D eigenvalue weighted by atomic mass is 9.99. The van der Waals surface area contributed by atoms with E-state index in [4.69, 9.17) is 53.1 Å². The van der Waals surface area contributed by atoms with Gasteiger partial charge in [-0.3, -0.25) is 24.3 Å². The van der Waals surface area contributed by atoms with Gasteiger partial charge in [-0.2, -0.15) is 4.98 Å². The van der Waals surface area contributed by atoms with E-state index in [0.717, 1.165) is 61.4 Å². The number of anilines is 4. The van der Waals surface area contributed by atoms with Gasteiger partial charge in [0.1, 0.15) is 58.1 Å². The summed E-state index contributed by atoms with van der Waals surface area (Å²) in [4.78, 5) is 116. The minimum Gasteiger partial charge on any atom is -0.349 e. The highest BCUT2D eigenvalue weighted by Crippen LogP contribution is 2.45. The molecule has 14 rings (SSSR count). The smallest absolute Gasteiger partial charge is 0.349 e. The molecule has 0 aliphatic carbocycles. The number of amides is 3. The number of halogens is 4. The molecule has 6 unspecified atom stereocenters. The molecule has 5 aliphatic rings. The molecule has 0 radical (unpaired) electrons. The van der Waals surface area contributed by atoms with Gasteiger partial charge in [0.05, 0.1) is 82.5 Å². The Morgan fingerprint density at radius 2 is 1.03 bits per heavy atom. The Balaban J connectivity index is 0.000000160. The zero-order valence-corrected chi connectivity index (χ0v) is 69.6. The van der Waals surface area contributed by atoms with E-state index in [-0.39, 0.29) is 71.6 Å². The van der Waals surface area contributed by atoms with Crippen LogP contribution in [0.3, 0.4) is 0 Å². The lowest BCUT2D eigenvalue weighted by Crippen LogP contribution is -2.59. The number of hydrogen-bond acceptors (Lipinski definition) is 20. The molecule has 592 valence electrons. The number of aliphatic imine (C=N–C) groups is 2. The molecule has 9 aromatic rings. The van der Waals surface area contributed by atoms with Gasteiger partial charge in [-0.1, -0.05) is 108 Å². The van der Waals surface area contributed by atoms with Gasteiger partial charge >= 0.3 is 5.69 Å². The van der Waals surface area contributed by atoms with E-state index >= 15 is 4.39 Å². The molecule has 5 aliphatic heterocycles. The van der Waals surface area contributed by atoms with Crippen molar-refractivity contribution in [1.82, 2.24) is 68.9 Å². The highest BCUT2D eigenvalue weighted by Gasteiger charge is 2.42. The Morgan fingerprint density at radius 3 is 1.55 bits per heavy atom. The van der Waals surface area contributed by atoms with Crippen LogP contribution in [0.1, 0.15) is 132 Å². The van der Waals surface area contributed by atoms with E-state index in [1.165, 1.54) is 41.7 Å². The Hall–Kier alpha value is -11.2. The van der Waals surface area contributed by atoms with Gasteiger partial charge < -0.3 is 34.3 Å². The van der Waals surface area contributed by atoms with Crippen molar-refractivity contribution in [2.45, 2.75) is 152 Å². The third-order valence-corrected chi connectivity index (χ3v) is 22.8. The fourth-order valence-electron chi connectivity index (χ4n) is 15.5. The number of carbonyl (C=O) groups is 3. The molecule has 23 nitrogen and oxygen atoms in total. The number of aromatic nitrogens is 9. The van der Waals surface area contributed by atoms with Crippen LogP contribution in [-0.2, 0) is 14.4 Å². The van der Waals surface area contributed by atoms with Crippen LogP contribution in [0.5, 0.6) is 0 Å². The number of carbonyl (C=O) groups excluding carboxylic acids is 3. The second-order valence-corrected chi connectivity index (χ2v) is 31.8. The SMILES string of the molecule is C=CC(=O)N1CC(C)N(C2=NC(=C)N(C)c3nc(-c4ccccc4F)c(Cl)cc32)CC1C.C=CC(=O)N1CC(C)N(C2=NC(=C)N(c3c(C)nc(C)nc3C(C)C)c3nc(-c4ccccc4F)c(C)cc32)CC1C.C=CC(=O)N1CC(C)N(c2nc(=O)n(-c3c(C)ccnc3C(C)C)c3nc(-c4scnc4C)c(Cl)cc23)CC1C. The largest absolute Gasteiger partial charge is 0.355 e. The number of benzene rings is 2. The molecule has 7 aromatic heterocycles. The van der Waals surface area contributed by atoms with Crippen LogP contribution in [0.15, 0.2) is 162 Å². The van der Waals surface area contributed by atoms with Crippen molar-refractivity contribution in [1.29, 1.82) is 0 Å². The number of amidine groups is 2. The number of aryl methyl sites for hydroxylation is 5. The second-order valence-electron chi connectivity index (χ2n) is 30.2. The van der Waals surface area contributed by atoms with Crippen molar-refractivity contribution in [3.05, 3.63) is 230 Å². The monoisotopic (exact) mass is 1600 g/mol. The van der Waals surface area contributed by atoms with Gasteiger partial charge in [-0.15, -0.1) is 11.3 Å². The highest BCUT2D eigenvalue weighted by atomic mass is 35.5. The number of hydrogen-bond donors (Lipinski definition) is 0. The van der Waals surface area contributed by atoms with Crippen molar-refractivity contribution in [2.75, 3.05) is 61.0 Å². The number of thiazole rings is 1. The lowest BCUT2D eigenvalue weighted by molar-refractivity contribution is -0.131. The van der Waals surface area contributed by atoms with Crippen LogP contribution < -0.4 is 20.4 Å². The maximum Gasteiger partial charge on any atom is 0.355 e. The fourth-order valence-corrected chi connectivity index (χ4v) is 16.8. The molecular weight excluding hydrogens is 1500 g/mol. The zero-order valence-electron chi connectivity index (χ0n) is 67.3. The van der Waals surface area contributed by atoms with Gasteiger partial charge in [0.25, 0.3) is 0 Å². The van der Waals surface area contributed by atoms with E-state index in [9.17, 15) is 23.6 Å². The van der Waals surface area contributed by atoms with Crippen molar-refractivity contribution in [2.24, 2.45) is 9.98 Å². The molecule has 0 spiro atoms. The molecule has 0 N–H and O–H groups in total. The maximum absolute atomic E-state index is 15.1. The molecule has 3 fully saturated rings. The van der Waals surface area contributed by atoms with E-state index in [0.29, 0.717) is 135 Å². The first-order chi connectivity index (χ1) is 54.2. The number of pyridine rings is 4. The zero-order chi connectivity index (χ0) is 82.5. The lowest BCUT2D eigenvalue weighted by Gasteiger charge is -2.46. The molecule has 28 heteroatoms. The average molecular weight is 1600 g/mol. The van der Waals surface area contributed by atoms with Gasteiger partial charge in [-0.25, -0.2) is 58.0 Å². The second kappa shape index (κ2) is 33.5. The summed E-state index contributed by atoms with van der Waals surface area (Å²) in [5, 5.41) is 1.43. The molecular formula is C86H95Cl2F2N19O4S. The quantitative estimate of drug-likeness (QED) is 0.110. The molecule has 3 amide bonds. The Bertz CT molecular complexity index is 5530. The maximum atomic E-state index is 15.1. The van der Waals surface area contributed by atoms with Crippen molar-refractivity contribution in [3.63, 3.8) is 0 Å². The van der Waals surface area contributed by atoms with Gasteiger partial charge in [0.2, 0.25) is 17.7 Å². The molecule has 114 heavy (non-hydrogen) atoms. The Kier molecular flexibility index (Phi) is 24.1. The fraction of sp³-hybridized carbons (Fsp3) is 0.349. The summed E-state index contributed by atoms with van der Waals surface area (Å²) in [6.07, 6.45) is 5.80. The Labute approximate surface area is 678 Å². The topological polar surface area (TPSA) is 227 Å². The molecule has 2 aromatic carbocycles. The minimum atomic E-state index is -0.452. The first-order valence-electron chi connectivity index (χ1n) is 37.9. The summed E-state index contributed by atoms with van der Waals surface area (Å²) in [6, 6.07) is 20.3. The third kappa shape index (κ3) is 15.7. The molecule has 0 saturated carbocycles. The van der Waals surface area contributed by atoms with Gasteiger partial charge in [0.15, 0.2) is 11.5 Å². The molecule has 6 atom stereocenters. The minimum absolute atomic E-state index is 0.00271. The van der Waals surface area contributed by atoms with Crippen molar-refractivity contribution in [3.8, 4) is 38.8 Å². The van der Waals surface area contributed by atoms with E-state index in [1.54, 1.807) is 62.5 Å². The van der Waals surface area contributed by atoms with Gasteiger partial charge in [-0.05, 0) is 166 Å². The number of fused-ring (bicyclic) bond motifs is 3.